The van der Waals surface area contributed by atoms with Gasteiger partial charge in [-0.05, 0) is 13.8 Å². The molecule has 70 valence electrons. The standard InChI is InChI=1S/C6H7N5S.BrH/c1-4-5(2)12-6(8-4)11-3-7-9-10-11;/h3H,1-2H3;1H. The predicted molar refractivity (Wildman–Crippen MR) is 43.1 cm³/mol. The van der Waals surface area contributed by atoms with Gasteiger partial charge in [0.2, 0.25) is 0 Å². The van der Waals surface area contributed by atoms with Gasteiger partial charge >= 0.3 is 5.13 Å². The fraction of sp³-hybridized carbons (Fsp3) is 0.333. The number of hydrogen-bond acceptors (Lipinski definition) is 4. The van der Waals surface area contributed by atoms with Crippen LogP contribution in [0.4, 0.5) is 0 Å². The fourth-order valence-corrected chi connectivity index (χ4v) is 1.66. The summed E-state index contributed by atoms with van der Waals surface area (Å²) in [6.07, 6.45) is 1.59. The molecule has 0 aliphatic rings. The second-order valence-electron chi connectivity index (χ2n) is 2.44. The number of aromatic amines is 1. The molecular formula is C6H8BrN5S. The summed E-state index contributed by atoms with van der Waals surface area (Å²) in [6, 6.07) is 0. The number of aryl methyl sites for hydroxylation is 2. The zero-order valence-corrected chi connectivity index (χ0v) is 9.55. The Morgan fingerprint density at radius 3 is 2.69 bits per heavy atom. The minimum atomic E-state index is 0. The van der Waals surface area contributed by atoms with Crippen LogP contribution >= 0.6 is 11.3 Å². The van der Waals surface area contributed by atoms with E-state index >= 15 is 0 Å². The summed E-state index contributed by atoms with van der Waals surface area (Å²) in [5.41, 5.74) is 1.05. The third kappa shape index (κ3) is 1.92. The number of tetrazole rings is 1. The van der Waals surface area contributed by atoms with Crippen molar-refractivity contribution in [2.24, 2.45) is 0 Å². The van der Waals surface area contributed by atoms with Crippen molar-refractivity contribution < 1.29 is 21.7 Å². The third-order valence-electron chi connectivity index (χ3n) is 1.60. The van der Waals surface area contributed by atoms with E-state index in [0.29, 0.717) is 0 Å². The monoisotopic (exact) mass is 261 g/mol. The normalized spacial score (nSPS) is 9.69. The number of H-pyrrole nitrogens is 1. The van der Waals surface area contributed by atoms with Crippen LogP contribution in [0.25, 0.3) is 5.13 Å². The smallest absolute Gasteiger partial charge is 0.312 e. The molecule has 2 aromatic heterocycles. The Bertz CT molecular complexity index is 362. The highest BCUT2D eigenvalue weighted by Gasteiger charge is 2.11. The summed E-state index contributed by atoms with van der Waals surface area (Å²) < 4.78 is 1.69. The van der Waals surface area contributed by atoms with E-state index in [0.717, 1.165) is 10.8 Å². The van der Waals surface area contributed by atoms with Gasteiger partial charge in [-0.25, -0.2) is 0 Å². The highest BCUT2D eigenvalue weighted by atomic mass is 79.9. The van der Waals surface area contributed by atoms with Gasteiger partial charge in [0, 0.05) is 9.98 Å². The highest BCUT2D eigenvalue weighted by molar-refractivity contribution is 7.13. The summed E-state index contributed by atoms with van der Waals surface area (Å²) in [5, 5.41) is 10.8. The number of hydrogen-bond donors (Lipinski definition) is 1. The van der Waals surface area contributed by atoms with Crippen molar-refractivity contribution in [2.75, 3.05) is 0 Å². The molecule has 0 aliphatic heterocycles. The second-order valence-corrected chi connectivity index (χ2v) is 3.62. The van der Waals surface area contributed by atoms with Gasteiger partial charge in [0.05, 0.1) is 0 Å². The van der Waals surface area contributed by atoms with Gasteiger partial charge in [0.25, 0.3) is 6.33 Å². The third-order valence-corrected chi connectivity index (χ3v) is 2.67. The van der Waals surface area contributed by atoms with Gasteiger partial charge in [0.15, 0.2) is 0 Å². The van der Waals surface area contributed by atoms with E-state index in [1.54, 1.807) is 22.3 Å². The molecule has 7 heteroatoms. The Labute approximate surface area is 89.6 Å². The van der Waals surface area contributed by atoms with Gasteiger partial charge in [-0.3, -0.25) is 0 Å². The zero-order chi connectivity index (χ0) is 8.55. The number of nitrogens with one attached hydrogen (secondary N) is 1. The summed E-state index contributed by atoms with van der Waals surface area (Å²) in [6.45, 7) is 4.03. The van der Waals surface area contributed by atoms with E-state index in [1.165, 1.54) is 4.88 Å². The molecule has 13 heavy (non-hydrogen) atoms. The number of thiazole rings is 1. The molecular weight excluding hydrogens is 254 g/mol. The minimum Gasteiger partial charge on any atom is -1.00 e. The summed E-state index contributed by atoms with van der Waals surface area (Å²) in [7, 11) is 0. The fourth-order valence-electron chi connectivity index (χ4n) is 0.828. The van der Waals surface area contributed by atoms with E-state index in [9.17, 15) is 0 Å². The Morgan fingerprint density at radius 1 is 1.46 bits per heavy atom. The van der Waals surface area contributed by atoms with Gasteiger partial charge in [0.1, 0.15) is 10.9 Å². The van der Waals surface area contributed by atoms with Crippen molar-refractivity contribution in [1.29, 1.82) is 0 Å². The Kier molecular flexibility index (Phi) is 3.10. The molecule has 0 saturated carbocycles. The van der Waals surface area contributed by atoms with Crippen molar-refractivity contribution in [3.05, 3.63) is 16.9 Å². The Morgan fingerprint density at radius 2 is 2.23 bits per heavy atom. The zero-order valence-electron chi connectivity index (χ0n) is 7.15. The van der Waals surface area contributed by atoms with Crippen LogP contribution < -0.4 is 21.7 Å². The highest BCUT2D eigenvalue weighted by Crippen LogP contribution is 2.14. The molecule has 0 radical (unpaired) electrons. The molecule has 0 saturated heterocycles. The van der Waals surface area contributed by atoms with E-state index in [2.05, 4.69) is 20.5 Å². The van der Waals surface area contributed by atoms with E-state index in [1.807, 2.05) is 13.8 Å². The van der Waals surface area contributed by atoms with Crippen LogP contribution in [0.2, 0.25) is 0 Å². The van der Waals surface area contributed by atoms with Crippen molar-refractivity contribution in [1.82, 2.24) is 20.5 Å². The molecule has 0 aromatic carbocycles. The molecule has 5 nitrogen and oxygen atoms in total. The van der Waals surface area contributed by atoms with Crippen molar-refractivity contribution >= 4 is 11.3 Å². The van der Waals surface area contributed by atoms with Crippen LogP contribution in [-0.4, -0.2) is 20.5 Å². The minimum absolute atomic E-state index is 0. The first-order chi connectivity index (χ1) is 5.77. The lowest BCUT2D eigenvalue weighted by Crippen LogP contribution is -3.00. The van der Waals surface area contributed by atoms with E-state index in [-0.39, 0.29) is 17.0 Å². The first-order valence-corrected chi connectivity index (χ1v) is 4.31. The number of aromatic nitrogens is 5. The molecule has 0 atom stereocenters. The lowest BCUT2D eigenvalue weighted by molar-refractivity contribution is -0.660. The Hall–Kier alpha value is -0.820. The van der Waals surface area contributed by atoms with Gasteiger partial charge in [-0.1, -0.05) is 16.6 Å². The van der Waals surface area contributed by atoms with Crippen LogP contribution in [0.1, 0.15) is 10.6 Å². The molecule has 0 bridgehead atoms. The van der Waals surface area contributed by atoms with Gasteiger partial charge in [-0.15, -0.1) is 9.67 Å². The van der Waals surface area contributed by atoms with Gasteiger partial charge in [-0.2, -0.15) is 0 Å². The molecule has 2 rings (SSSR count). The lowest BCUT2D eigenvalue weighted by Gasteiger charge is -1.80. The van der Waals surface area contributed by atoms with Crippen LogP contribution in [0.15, 0.2) is 6.33 Å². The largest absolute Gasteiger partial charge is 1.00 e. The summed E-state index contributed by atoms with van der Waals surface area (Å²) in [4.78, 5) is 5.54. The molecule has 2 heterocycles. The molecule has 0 spiro atoms. The maximum atomic E-state index is 4.32. The molecule has 0 unspecified atom stereocenters. The lowest BCUT2D eigenvalue weighted by atomic mass is 10.4. The molecule has 0 fully saturated rings. The first-order valence-electron chi connectivity index (χ1n) is 3.49. The Balaban J connectivity index is 0.000000845. The van der Waals surface area contributed by atoms with Crippen LogP contribution in [-0.2, 0) is 0 Å². The maximum absolute atomic E-state index is 4.32. The average Bonchev–Trinajstić information content (AvgIpc) is 2.61. The van der Waals surface area contributed by atoms with Crippen molar-refractivity contribution in [2.45, 2.75) is 13.8 Å². The quantitative estimate of drug-likeness (QED) is 0.563. The van der Waals surface area contributed by atoms with Crippen molar-refractivity contribution in [3.63, 3.8) is 0 Å². The maximum Gasteiger partial charge on any atom is 0.312 e. The summed E-state index contributed by atoms with van der Waals surface area (Å²) >= 11 is 1.61. The van der Waals surface area contributed by atoms with Crippen LogP contribution in [0.3, 0.4) is 0 Å². The first kappa shape index (κ1) is 10.3. The van der Waals surface area contributed by atoms with E-state index < -0.39 is 0 Å². The average molecular weight is 262 g/mol. The second kappa shape index (κ2) is 3.93. The van der Waals surface area contributed by atoms with Crippen LogP contribution in [0, 0.1) is 13.8 Å². The number of halogens is 1. The van der Waals surface area contributed by atoms with Gasteiger partial charge < -0.3 is 17.0 Å². The summed E-state index contributed by atoms with van der Waals surface area (Å²) in [5.74, 6) is 0. The van der Waals surface area contributed by atoms with Crippen LogP contribution in [0.5, 0.6) is 0 Å². The molecule has 0 amide bonds. The molecule has 2 aromatic rings. The van der Waals surface area contributed by atoms with E-state index in [4.69, 9.17) is 0 Å². The number of nitrogens with zero attached hydrogens (tertiary/aromatic N) is 4. The molecule has 0 aliphatic carbocycles. The topological polar surface area (TPSA) is 58.3 Å². The predicted octanol–water partition coefficient (Wildman–Crippen LogP) is -2.84. The number of rotatable bonds is 1. The van der Waals surface area contributed by atoms with Crippen molar-refractivity contribution in [3.8, 4) is 5.13 Å². The molecule has 1 N–H and O–H groups in total. The SMILES string of the molecule is Cc1nc(-[n+]2cnn[nH]2)sc1C.[Br-].